The van der Waals surface area contributed by atoms with Crippen molar-refractivity contribution in [2.75, 3.05) is 31.3 Å². The third-order valence-electron chi connectivity index (χ3n) is 3.43. The van der Waals surface area contributed by atoms with Crippen molar-refractivity contribution in [1.82, 2.24) is 9.97 Å². The average Bonchev–Trinajstić information content (AvgIpc) is 2.37. The molecule has 0 aliphatic rings. The van der Waals surface area contributed by atoms with Gasteiger partial charge in [-0.1, -0.05) is 27.7 Å². The van der Waals surface area contributed by atoms with E-state index < -0.39 is 0 Å². The smallest absolute Gasteiger partial charge is 0.135 e. The molecule has 0 saturated heterocycles. The molecule has 0 spiro atoms. The Morgan fingerprint density at radius 3 is 2.50 bits per heavy atom. The summed E-state index contributed by atoms with van der Waals surface area (Å²) >= 11 is 0. The molecular formula is C15H28N4O. The number of nitrogens with two attached hydrogens (primary N) is 1. The third-order valence-corrected chi connectivity index (χ3v) is 3.43. The van der Waals surface area contributed by atoms with Crippen LogP contribution in [0.15, 0.2) is 0 Å². The van der Waals surface area contributed by atoms with Crippen LogP contribution in [-0.2, 0) is 4.74 Å². The van der Waals surface area contributed by atoms with E-state index in [2.05, 4.69) is 43.0 Å². The number of aromatic nitrogens is 2. The van der Waals surface area contributed by atoms with Gasteiger partial charge in [0.15, 0.2) is 0 Å². The molecule has 114 valence electrons. The average molecular weight is 280 g/mol. The Kier molecular flexibility index (Phi) is 5.74. The van der Waals surface area contributed by atoms with Crippen molar-refractivity contribution >= 4 is 11.6 Å². The van der Waals surface area contributed by atoms with Crippen molar-refractivity contribution in [3.8, 4) is 0 Å². The summed E-state index contributed by atoms with van der Waals surface area (Å²) in [6, 6.07) is 0. The summed E-state index contributed by atoms with van der Waals surface area (Å²) in [7, 11) is 1.73. The lowest BCUT2D eigenvalue weighted by atomic mass is 9.89. The van der Waals surface area contributed by atoms with E-state index in [1.165, 1.54) is 0 Å². The van der Waals surface area contributed by atoms with Crippen LogP contribution in [-0.4, -0.2) is 30.2 Å². The molecule has 20 heavy (non-hydrogen) atoms. The minimum Gasteiger partial charge on any atom is -0.385 e. The number of hydrogen-bond acceptors (Lipinski definition) is 5. The van der Waals surface area contributed by atoms with Crippen molar-refractivity contribution in [2.45, 2.75) is 47.0 Å². The standard InChI is InChI=1S/C15H28N4O/c1-10(2)13-18-12(16)11(3)14(19-13)17-9-15(4,5)7-8-20-6/h10H,7-9H2,1-6H3,(H3,16,17,18,19). The summed E-state index contributed by atoms with van der Waals surface area (Å²) in [6.45, 7) is 12.1. The van der Waals surface area contributed by atoms with Gasteiger partial charge in [0, 0.05) is 31.7 Å². The molecule has 0 bridgehead atoms. The molecule has 5 nitrogen and oxygen atoms in total. The highest BCUT2D eigenvalue weighted by atomic mass is 16.5. The van der Waals surface area contributed by atoms with E-state index >= 15 is 0 Å². The van der Waals surface area contributed by atoms with Crippen LogP contribution in [0.2, 0.25) is 0 Å². The molecule has 3 N–H and O–H groups in total. The van der Waals surface area contributed by atoms with Crippen LogP contribution >= 0.6 is 0 Å². The number of nitrogen functional groups attached to an aromatic ring is 1. The van der Waals surface area contributed by atoms with Crippen LogP contribution in [0.25, 0.3) is 0 Å². The van der Waals surface area contributed by atoms with Crippen molar-refractivity contribution in [2.24, 2.45) is 5.41 Å². The number of nitrogens with zero attached hydrogens (tertiary/aromatic N) is 2. The topological polar surface area (TPSA) is 73.1 Å². The van der Waals surface area contributed by atoms with Crippen LogP contribution in [0.5, 0.6) is 0 Å². The Balaban J connectivity index is 2.81. The highest BCUT2D eigenvalue weighted by molar-refractivity contribution is 5.55. The van der Waals surface area contributed by atoms with E-state index in [1.807, 2.05) is 6.92 Å². The number of methoxy groups -OCH3 is 1. The maximum absolute atomic E-state index is 5.97. The summed E-state index contributed by atoms with van der Waals surface area (Å²) in [4.78, 5) is 8.92. The predicted molar refractivity (Wildman–Crippen MR) is 84.0 cm³/mol. The van der Waals surface area contributed by atoms with Gasteiger partial charge in [0.05, 0.1) is 0 Å². The van der Waals surface area contributed by atoms with Gasteiger partial charge >= 0.3 is 0 Å². The fourth-order valence-electron chi connectivity index (χ4n) is 1.77. The zero-order chi connectivity index (χ0) is 15.3. The summed E-state index contributed by atoms with van der Waals surface area (Å²) in [5, 5.41) is 3.41. The van der Waals surface area contributed by atoms with Gasteiger partial charge in [-0.05, 0) is 18.8 Å². The first kappa shape index (κ1) is 16.7. The minimum atomic E-state index is 0.139. The minimum absolute atomic E-state index is 0.139. The molecule has 0 aliphatic carbocycles. The van der Waals surface area contributed by atoms with Crippen molar-refractivity contribution in [3.05, 3.63) is 11.4 Å². The lowest BCUT2D eigenvalue weighted by molar-refractivity contribution is 0.157. The first-order valence-corrected chi connectivity index (χ1v) is 7.13. The fourth-order valence-corrected chi connectivity index (χ4v) is 1.77. The molecule has 0 amide bonds. The third kappa shape index (κ3) is 4.63. The maximum atomic E-state index is 5.97. The second kappa shape index (κ2) is 6.88. The van der Waals surface area contributed by atoms with E-state index in [0.717, 1.165) is 36.8 Å². The Morgan fingerprint density at radius 2 is 1.95 bits per heavy atom. The molecule has 0 radical (unpaired) electrons. The molecule has 1 aromatic rings. The van der Waals surface area contributed by atoms with Crippen LogP contribution in [0, 0.1) is 12.3 Å². The van der Waals surface area contributed by atoms with Gasteiger partial charge in [0.25, 0.3) is 0 Å². The SMILES string of the molecule is COCCC(C)(C)CNc1nc(C(C)C)nc(N)c1C. The number of rotatable bonds is 7. The number of ether oxygens (including phenoxy) is 1. The fraction of sp³-hybridized carbons (Fsp3) is 0.733. The Morgan fingerprint density at radius 1 is 1.30 bits per heavy atom. The highest BCUT2D eigenvalue weighted by Crippen LogP contribution is 2.24. The first-order chi connectivity index (χ1) is 9.26. The Hall–Kier alpha value is -1.36. The molecule has 1 aromatic heterocycles. The first-order valence-electron chi connectivity index (χ1n) is 7.13. The second-order valence-corrected chi connectivity index (χ2v) is 6.36. The highest BCUT2D eigenvalue weighted by Gasteiger charge is 2.19. The van der Waals surface area contributed by atoms with E-state index in [9.17, 15) is 0 Å². The van der Waals surface area contributed by atoms with Crippen LogP contribution in [0.1, 0.15) is 51.4 Å². The van der Waals surface area contributed by atoms with E-state index in [1.54, 1.807) is 7.11 Å². The normalized spacial score (nSPS) is 11.9. The second-order valence-electron chi connectivity index (χ2n) is 6.36. The zero-order valence-electron chi connectivity index (χ0n) is 13.6. The van der Waals surface area contributed by atoms with E-state index in [0.29, 0.717) is 5.82 Å². The van der Waals surface area contributed by atoms with E-state index in [-0.39, 0.29) is 11.3 Å². The predicted octanol–water partition coefficient (Wildman–Crippen LogP) is 2.97. The van der Waals surface area contributed by atoms with E-state index in [4.69, 9.17) is 10.5 Å². The molecule has 1 heterocycles. The summed E-state index contributed by atoms with van der Waals surface area (Å²) in [6.07, 6.45) is 0.993. The molecule has 5 heteroatoms. The van der Waals surface area contributed by atoms with Gasteiger partial charge < -0.3 is 15.8 Å². The number of hydrogen-bond donors (Lipinski definition) is 2. The maximum Gasteiger partial charge on any atom is 0.135 e. The monoisotopic (exact) mass is 280 g/mol. The summed E-state index contributed by atoms with van der Waals surface area (Å²) < 4.78 is 5.15. The van der Waals surface area contributed by atoms with Crippen molar-refractivity contribution < 1.29 is 4.74 Å². The van der Waals surface area contributed by atoms with Gasteiger partial charge in [-0.3, -0.25) is 0 Å². The molecular weight excluding hydrogens is 252 g/mol. The largest absolute Gasteiger partial charge is 0.385 e. The molecule has 0 fully saturated rings. The molecule has 0 unspecified atom stereocenters. The molecule has 0 aromatic carbocycles. The Labute approximate surface area is 122 Å². The van der Waals surface area contributed by atoms with Crippen LogP contribution in [0.4, 0.5) is 11.6 Å². The van der Waals surface area contributed by atoms with Gasteiger partial charge in [-0.25, -0.2) is 9.97 Å². The van der Waals surface area contributed by atoms with Gasteiger partial charge in [-0.2, -0.15) is 0 Å². The van der Waals surface area contributed by atoms with Crippen molar-refractivity contribution in [3.63, 3.8) is 0 Å². The molecule has 0 saturated carbocycles. The summed E-state index contributed by atoms with van der Waals surface area (Å²) in [5.74, 6) is 2.44. The quantitative estimate of drug-likeness (QED) is 0.803. The van der Waals surface area contributed by atoms with Crippen molar-refractivity contribution in [1.29, 1.82) is 0 Å². The lowest BCUT2D eigenvalue weighted by Gasteiger charge is -2.25. The number of nitrogens with one attached hydrogen (secondary N) is 1. The molecule has 1 rings (SSSR count). The van der Waals surface area contributed by atoms with Crippen LogP contribution < -0.4 is 11.1 Å². The zero-order valence-corrected chi connectivity index (χ0v) is 13.6. The van der Waals surface area contributed by atoms with Gasteiger partial charge in [-0.15, -0.1) is 0 Å². The lowest BCUT2D eigenvalue weighted by Crippen LogP contribution is -2.25. The molecule has 0 aliphatic heterocycles. The van der Waals surface area contributed by atoms with Gasteiger partial charge in [0.2, 0.25) is 0 Å². The number of anilines is 2. The Bertz CT molecular complexity index is 444. The van der Waals surface area contributed by atoms with Gasteiger partial charge in [0.1, 0.15) is 17.5 Å². The molecule has 0 atom stereocenters. The van der Waals surface area contributed by atoms with Crippen LogP contribution in [0.3, 0.4) is 0 Å². The summed E-state index contributed by atoms with van der Waals surface area (Å²) in [5.41, 5.74) is 7.02.